The smallest absolute Gasteiger partial charge is 0.329 e. The lowest BCUT2D eigenvalue weighted by molar-refractivity contribution is -0.132. The van der Waals surface area contributed by atoms with Crippen LogP contribution >= 0.6 is 0 Å². The van der Waals surface area contributed by atoms with E-state index < -0.39 is 5.69 Å². The fraction of sp³-hybridized carbons (Fsp3) is 0.414. The molecule has 5 rings (SSSR count). The molecule has 1 saturated heterocycles. The maximum atomic E-state index is 12.8. The zero-order valence-corrected chi connectivity index (χ0v) is 21.3. The molecule has 37 heavy (non-hydrogen) atoms. The largest absolute Gasteiger partial charge is 0.496 e. The number of anilines is 2. The normalized spacial score (nSPS) is 15.4. The van der Waals surface area contributed by atoms with Gasteiger partial charge >= 0.3 is 5.69 Å². The van der Waals surface area contributed by atoms with Gasteiger partial charge in [-0.05, 0) is 79.3 Å². The van der Waals surface area contributed by atoms with Crippen molar-refractivity contribution in [3.63, 3.8) is 0 Å². The number of carbonyl (C=O) groups is 1. The first kappa shape index (κ1) is 24.9. The van der Waals surface area contributed by atoms with Gasteiger partial charge in [0.1, 0.15) is 11.6 Å². The van der Waals surface area contributed by atoms with Crippen molar-refractivity contribution in [3.05, 3.63) is 86.1 Å². The highest BCUT2D eigenvalue weighted by Crippen LogP contribution is 2.34. The van der Waals surface area contributed by atoms with Gasteiger partial charge in [0, 0.05) is 37.8 Å². The number of rotatable bonds is 8. The second-order valence-corrected chi connectivity index (χ2v) is 9.94. The van der Waals surface area contributed by atoms with Crippen molar-refractivity contribution in [3.8, 4) is 5.75 Å². The molecule has 194 valence electrons. The van der Waals surface area contributed by atoms with Crippen molar-refractivity contribution in [2.75, 3.05) is 25.5 Å². The Morgan fingerprint density at radius 3 is 2.62 bits per heavy atom. The second-order valence-electron chi connectivity index (χ2n) is 9.94. The molecule has 1 amide bonds. The van der Waals surface area contributed by atoms with Gasteiger partial charge < -0.3 is 15.0 Å². The van der Waals surface area contributed by atoms with Crippen LogP contribution in [-0.4, -0.2) is 40.6 Å². The predicted molar refractivity (Wildman–Crippen MR) is 144 cm³/mol. The van der Waals surface area contributed by atoms with Gasteiger partial charge in [-0.3, -0.25) is 19.1 Å². The SMILES string of the molecule is COc1ccccc1C1CCN(C(=O)CCCn2c(=O)cc(Nc3ccc4c(c3)CCC4)[nH]c2=O)CC1. The number of hydrogen-bond donors (Lipinski definition) is 2. The topological polar surface area (TPSA) is 96.4 Å². The Kier molecular flexibility index (Phi) is 7.44. The van der Waals surface area contributed by atoms with Crippen LogP contribution in [0.5, 0.6) is 5.75 Å². The minimum atomic E-state index is -0.471. The number of hydrogen-bond acceptors (Lipinski definition) is 5. The van der Waals surface area contributed by atoms with Gasteiger partial charge in [0.15, 0.2) is 0 Å². The summed E-state index contributed by atoms with van der Waals surface area (Å²) in [4.78, 5) is 42.7. The molecule has 1 aliphatic carbocycles. The summed E-state index contributed by atoms with van der Waals surface area (Å²) in [5.41, 5.74) is 3.89. The molecule has 0 spiro atoms. The number of aryl methyl sites for hydroxylation is 2. The molecule has 2 heterocycles. The zero-order chi connectivity index (χ0) is 25.8. The van der Waals surface area contributed by atoms with Crippen molar-refractivity contribution in [1.29, 1.82) is 0 Å². The quantitative estimate of drug-likeness (QED) is 0.486. The number of benzene rings is 2. The van der Waals surface area contributed by atoms with E-state index in [-0.39, 0.29) is 18.0 Å². The second kappa shape index (κ2) is 11.1. The summed E-state index contributed by atoms with van der Waals surface area (Å²) in [6.45, 7) is 1.60. The van der Waals surface area contributed by atoms with Gasteiger partial charge in [-0.25, -0.2) is 4.79 Å². The Hall–Kier alpha value is -3.81. The molecule has 2 N–H and O–H groups in total. The van der Waals surface area contributed by atoms with E-state index in [1.54, 1.807) is 7.11 Å². The van der Waals surface area contributed by atoms with E-state index in [0.717, 1.165) is 48.1 Å². The van der Waals surface area contributed by atoms with Crippen molar-refractivity contribution < 1.29 is 9.53 Å². The monoisotopic (exact) mass is 502 g/mol. The number of amides is 1. The third-order valence-electron chi connectivity index (χ3n) is 7.60. The number of likely N-dealkylation sites (tertiary alicyclic amines) is 1. The van der Waals surface area contributed by atoms with E-state index in [0.29, 0.717) is 37.7 Å². The number of ether oxygens (including phenoxy) is 1. The number of aromatic nitrogens is 2. The van der Waals surface area contributed by atoms with Crippen molar-refractivity contribution in [1.82, 2.24) is 14.5 Å². The van der Waals surface area contributed by atoms with Crippen LogP contribution in [0.25, 0.3) is 0 Å². The molecule has 2 aromatic carbocycles. The first-order valence-electron chi connectivity index (χ1n) is 13.2. The highest BCUT2D eigenvalue weighted by Gasteiger charge is 2.25. The van der Waals surface area contributed by atoms with E-state index >= 15 is 0 Å². The van der Waals surface area contributed by atoms with Crippen LogP contribution in [-0.2, 0) is 24.2 Å². The van der Waals surface area contributed by atoms with Gasteiger partial charge in [0.2, 0.25) is 5.91 Å². The maximum Gasteiger partial charge on any atom is 0.329 e. The molecule has 1 aromatic heterocycles. The third-order valence-corrected chi connectivity index (χ3v) is 7.60. The molecule has 8 nitrogen and oxygen atoms in total. The van der Waals surface area contributed by atoms with E-state index in [1.165, 1.54) is 22.8 Å². The molecular formula is C29H34N4O4. The minimum Gasteiger partial charge on any atom is -0.496 e. The highest BCUT2D eigenvalue weighted by molar-refractivity contribution is 5.76. The Morgan fingerprint density at radius 1 is 1.05 bits per heavy atom. The summed E-state index contributed by atoms with van der Waals surface area (Å²) in [7, 11) is 1.69. The fourth-order valence-corrected chi connectivity index (χ4v) is 5.59. The molecular weight excluding hydrogens is 468 g/mol. The molecule has 8 heteroatoms. The Bertz CT molecular complexity index is 1350. The number of H-pyrrole nitrogens is 1. The van der Waals surface area contributed by atoms with Crippen LogP contribution in [0.15, 0.2) is 58.1 Å². The van der Waals surface area contributed by atoms with Crippen LogP contribution in [0.1, 0.15) is 54.7 Å². The number of piperidine rings is 1. The Morgan fingerprint density at radius 2 is 1.84 bits per heavy atom. The van der Waals surface area contributed by atoms with Crippen LogP contribution in [0.2, 0.25) is 0 Å². The molecule has 0 atom stereocenters. The van der Waals surface area contributed by atoms with E-state index in [2.05, 4.69) is 28.5 Å². The van der Waals surface area contributed by atoms with E-state index in [1.807, 2.05) is 29.2 Å². The van der Waals surface area contributed by atoms with E-state index in [9.17, 15) is 14.4 Å². The molecule has 1 aliphatic heterocycles. The van der Waals surface area contributed by atoms with Gasteiger partial charge in [-0.15, -0.1) is 0 Å². The molecule has 2 aliphatic rings. The maximum absolute atomic E-state index is 12.8. The summed E-state index contributed by atoms with van der Waals surface area (Å²) in [5, 5.41) is 3.14. The van der Waals surface area contributed by atoms with Gasteiger partial charge in [0.25, 0.3) is 5.56 Å². The van der Waals surface area contributed by atoms with Gasteiger partial charge in [-0.2, -0.15) is 0 Å². The summed E-state index contributed by atoms with van der Waals surface area (Å²) in [6.07, 6.45) is 5.85. The average Bonchev–Trinajstić information content (AvgIpc) is 3.38. The number of carbonyl (C=O) groups excluding carboxylic acids is 1. The van der Waals surface area contributed by atoms with Crippen molar-refractivity contribution in [2.45, 2.75) is 57.4 Å². The first-order valence-corrected chi connectivity index (χ1v) is 13.2. The summed E-state index contributed by atoms with van der Waals surface area (Å²) >= 11 is 0. The zero-order valence-electron chi connectivity index (χ0n) is 21.3. The fourth-order valence-electron chi connectivity index (χ4n) is 5.59. The molecule has 1 fully saturated rings. The Labute approximate surface area is 216 Å². The molecule has 0 saturated carbocycles. The van der Waals surface area contributed by atoms with Gasteiger partial charge in [-0.1, -0.05) is 24.3 Å². The van der Waals surface area contributed by atoms with Crippen LogP contribution in [0.4, 0.5) is 11.5 Å². The minimum absolute atomic E-state index is 0.0675. The number of para-hydroxylation sites is 1. The first-order chi connectivity index (χ1) is 18.0. The lowest BCUT2D eigenvalue weighted by atomic mass is 9.88. The standard InChI is InChI=1S/C29H34N4O4/c1-37-25-9-3-2-8-24(25)21-13-16-32(17-14-21)27(34)10-5-15-33-28(35)19-26(31-29(33)36)30-23-12-11-20-6-4-7-22(20)18-23/h2-3,8-9,11-12,18-19,21,30H,4-7,10,13-17H2,1H3,(H,31,36). The highest BCUT2D eigenvalue weighted by atomic mass is 16.5. The number of methoxy groups -OCH3 is 1. The van der Waals surface area contributed by atoms with Crippen LogP contribution < -0.4 is 21.3 Å². The molecule has 0 unspecified atom stereocenters. The summed E-state index contributed by atoms with van der Waals surface area (Å²) in [5.74, 6) is 1.72. The lowest BCUT2D eigenvalue weighted by Gasteiger charge is -2.33. The number of fused-ring (bicyclic) bond motifs is 1. The van der Waals surface area contributed by atoms with Crippen LogP contribution in [0, 0.1) is 0 Å². The number of nitrogens with zero attached hydrogens (tertiary/aromatic N) is 2. The summed E-state index contributed by atoms with van der Waals surface area (Å²) in [6, 6.07) is 15.6. The Balaban J connectivity index is 1.13. The van der Waals surface area contributed by atoms with Crippen molar-refractivity contribution in [2.24, 2.45) is 0 Å². The predicted octanol–water partition coefficient (Wildman–Crippen LogP) is 3.96. The lowest BCUT2D eigenvalue weighted by Crippen LogP contribution is -2.38. The average molecular weight is 503 g/mol. The van der Waals surface area contributed by atoms with Crippen molar-refractivity contribution >= 4 is 17.4 Å². The van der Waals surface area contributed by atoms with Crippen LogP contribution in [0.3, 0.4) is 0 Å². The van der Waals surface area contributed by atoms with Gasteiger partial charge in [0.05, 0.1) is 7.11 Å². The molecule has 0 radical (unpaired) electrons. The summed E-state index contributed by atoms with van der Waals surface area (Å²) < 4.78 is 6.66. The number of nitrogens with one attached hydrogen (secondary N) is 2. The number of aromatic amines is 1. The third kappa shape index (κ3) is 5.63. The molecule has 3 aromatic rings. The molecule has 0 bridgehead atoms. The van der Waals surface area contributed by atoms with E-state index in [4.69, 9.17) is 4.74 Å².